The van der Waals surface area contributed by atoms with Gasteiger partial charge in [-0.3, -0.25) is 9.59 Å². The number of amides is 2. The second kappa shape index (κ2) is 7.04. The molecule has 2 aromatic carbocycles. The van der Waals surface area contributed by atoms with Crippen LogP contribution in [0.4, 0.5) is 0 Å². The van der Waals surface area contributed by atoms with E-state index in [1.54, 1.807) is 19.2 Å². The van der Waals surface area contributed by atoms with Crippen molar-refractivity contribution in [2.45, 2.75) is 30.9 Å². The molecule has 140 valence electrons. The molecule has 1 saturated carbocycles. The van der Waals surface area contributed by atoms with Gasteiger partial charge < -0.3 is 20.5 Å². The lowest BCUT2D eigenvalue weighted by atomic mass is 9.86. The van der Waals surface area contributed by atoms with Gasteiger partial charge in [0.25, 0.3) is 11.8 Å². The van der Waals surface area contributed by atoms with Crippen molar-refractivity contribution in [3.63, 3.8) is 0 Å². The van der Waals surface area contributed by atoms with Crippen LogP contribution in [0.5, 0.6) is 5.75 Å². The fourth-order valence-corrected chi connectivity index (χ4v) is 3.56. The molecule has 3 N–H and O–H groups in total. The summed E-state index contributed by atoms with van der Waals surface area (Å²) >= 11 is 0. The normalized spacial score (nSPS) is 20.5. The van der Waals surface area contributed by atoms with Crippen LogP contribution in [-0.4, -0.2) is 42.7 Å². The molecule has 0 radical (unpaired) electrons. The lowest BCUT2D eigenvalue weighted by Gasteiger charge is -2.17. The van der Waals surface area contributed by atoms with E-state index in [9.17, 15) is 14.7 Å². The molecule has 1 aliphatic carbocycles. The molecule has 1 fully saturated rings. The lowest BCUT2D eigenvalue weighted by molar-refractivity contribution is 0.0947. The molecule has 1 heterocycles. The Balaban J connectivity index is 1.83. The number of aliphatic hydroxyl groups is 1. The average molecular weight is 366 g/mol. The van der Waals surface area contributed by atoms with Gasteiger partial charge in [0, 0.05) is 24.2 Å². The maximum absolute atomic E-state index is 12.6. The lowest BCUT2D eigenvalue weighted by Crippen LogP contribution is -2.26. The maximum atomic E-state index is 12.6. The predicted octanol–water partition coefficient (Wildman–Crippen LogP) is 1.82. The maximum Gasteiger partial charge on any atom is 0.254 e. The summed E-state index contributed by atoms with van der Waals surface area (Å²) in [7, 11) is 1.54. The molecule has 0 spiro atoms. The predicted molar refractivity (Wildman–Crippen MR) is 100 cm³/mol. The Kier molecular flexibility index (Phi) is 4.58. The first-order valence-corrected chi connectivity index (χ1v) is 9.15. The molecule has 6 nitrogen and oxygen atoms in total. The molecule has 2 atom stereocenters. The molecular weight excluding hydrogens is 344 g/mol. The highest BCUT2D eigenvalue weighted by molar-refractivity contribution is 6.02. The molecule has 6 heteroatoms. The zero-order valence-corrected chi connectivity index (χ0v) is 15.1. The van der Waals surface area contributed by atoms with Crippen LogP contribution in [0.25, 0.3) is 0 Å². The largest absolute Gasteiger partial charge is 0.486 e. The zero-order chi connectivity index (χ0) is 19.0. The highest BCUT2D eigenvalue weighted by Crippen LogP contribution is 2.45. The van der Waals surface area contributed by atoms with Crippen LogP contribution in [0.2, 0.25) is 0 Å². The second-order valence-electron chi connectivity index (χ2n) is 7.00. The van der Waals surface area contributed by atoms with Crippen LogP contribution < -0.4 is 15.4 Å². The van der Waals surface area contributed by atoms with Gasteiger partial charge in [0.05, 0.1) is 18.1 Å². The zero-order valence-electron chi connectivity index (χ0n) is 15.1. The van der Waals surface area contributed by atoms with Gasteiger partial charge in [0.2, 0.25) is 0 Å². The van der Waals surface area contributed by atoms with Crippen molar-refractivity contribution < 1.29 is 19.4 Å². The molecular formula is C21H22N2O4. The van der Waals surface area contributed by atoms with Crippen molar-refractivity contribution in [2.75, 3.05) is 13.7 Å². The standard InChI is InChI=1S/C21H22N2O4/c1-22-21(26)16-10-13(20(25)23-14-7-8-14)9-15-18(12-5-3-2-4-6-12)17(11-24)27-19(15)16/h2-6,9-10,14,17-18,24H,7-8,11H2,1H3,(H,22,26)(H,23,25)/t17-,18+/m1/s1. The van der Waals surface area contributed by atoms with Crippen LogP contribution in [0.15, 0.2) is 42.5 Å². The molecule has 0 aromatic heterocycles. The van der Waals surface area contributed by atoms with Crippen LogP contribution >= 0.6 is 0 Å². The van der Waals surface area contributed by atoms with Crippen molar-refractivity contribution >= 4 is 11.8 Å². The minimum atomic E-state index is -0.507. The second-order valence-corrected chi connectivity index (χ2v) is 7.00. The first-order chi connectivity index (χ1) is 13.1. The Hall–Kier alpha value is -2.86. The van der Waals surface area contributed by atoms with Gasteiger partial charge in [-0.05, 0) is 30.5 Å². The average Bonchev–Trinajstić information content (AvgIpc) is 3.43. The van der Waals surface area contributed by atoms with Crippen LogP contribution in [0.1, 0.15) is 50.6 Å². The Labute approximate surface area is 157 Å². The number of fused-ring (bicyclic) bond motifs is 1. The smallest absolute Gasteiger partial charge is 0.254 e. The summed E-state index contributed by atoms with van der Waals surface area (Å²) in [4.78, 5) is 25.1. The summed E-state index contributed by atoms with van der Waals surface area (Å²) < 4.78 is 5.96. The minimum Gasteiger partial charge on any atom is -0.486 e. The minimum absolute atomic E-state index is 0.189. The molecule has 1 aliphatic heterocycles. The molecule has 2 amide bonds. The third-order valence-corrected chi connectivity index (χ3v) is 5.08. The number of rotatable bonds is 5. The number of nitrogens with one attached hydrogen (secondary N) is 2. The monoisotopic (exact) mass is 366 g/mol. The molecule has 4 rings (SSSR count). The van der Waals surface area contributed by atoms with Gasteiger partial charge in [0.1, 0.15) is 11.9 Å². The number of hydrogen-bond acceptors (Lipinski definition) is 4. The van der Waals surface area contributed by atoms with Gasteiger partial charge in [-0.15, -0.1) is 0 Å². The number of carbonyl (C=O) groups excluding carboxylic acids is 2. The highest BCUT2D eigenvalue weighted by Gasteiger charge is 2.38. The van der Waals surface area contributed by atoms with E-state index in [0.29, 0.717) is 16.9 Å². The van der Waals surface area contributed by atoms with Crippen LogP contribution in [0, 0.1) is 0 Å². The molecule has 27 heavy (non-hydrogen) atoms. The molecule has 0 bridgehead atoms. The van der Waals surface area contributed by atoms with E-state index in [1.807, 2.05) is 30.3 Å². The van der Waals surface area contributed by atoms with Crippen molar-refractivity contribution in [1.82, 2.24) is 10.6 Å². The number of carbonyl (C=O) groups is 2. The SMILES string of the molecule is CNC(=O)c1cc(C(=O)NC2CC2)cc2c1O[C@H](CO)[C@H]2c1ccccc1. The fraction of sp³-hybridized carbons (Fsp3) is 0.333. The van der Waals surface area contributed by atoms with Crippen LogP contribution in [-0.2, 0) is 0 Å². The Morgan fingerprint density at radius 2 is 1.89 bits per heavy atom. The molecule has 2 aliphatic rings. The Bertz CT molecular complexity index is 877. The first-order valence-electron chi connectivity index (χ1n) is 9.15. The van der Waals surface area contributed by atoms with Crippen molar-refractivity contribution in [3.8, 4) is 5.75 Å². The van der Waals surface area contributed by atoms with E-state index in [4.69, 9.17) is 4.74 Å². The van der Waals surface area contributed by atoms with Gasteiger partial charge in [-0.2, -0.15) is 0 Å². The van der Waals surface area contributed by atoms with Gasteiger partial charge >= 0.3 is 0 Å². The summed E-state index contributed by atoms with van der Waals surface area (Å²) in [6.07, 6.45) is 1.47. The van der Waals surface area contributed by atoms with E-state index in [0.717, 1.165) is 24.0 Å². The summed E-state index contributed by atoms with van der Waals surface area (Å²) in [5.74, 6) is -0.323. The molecule has 2 aromatic rings. The summed E-state index contributed by atoms with van der Waals surface area (Å²) in [5, 5.41) is 15.4. The molecule has 0 unspecified atom stereocenters. The van der Waals surface area contributed by atoms with Crippen LogP contribution in [0.3, 0.4) is 0 Å². The first kappa shape index (κ1) is 17.5. The number of hydrogen-bond donors (Lipinski definition) is 3. The van der Waals surface area contributed by atoms with Crippen molar-refractivity contribution in [1.29, 1.82) is 0 Å². The quantitative estimate of drug-likeness (QED) is 0.753. The molecule has 0 saturated heterocycles. The fourth-order valence-electron chi connectivity index (χ4n) is 3.56. The van der Waals surface area contributed by atoms with Crippen molar-refractivity contribution in [2.24, 2.45) is 0 Å². The third-order valence-electron chi connectivity index (χ3n) is 5.08. The van der Waals surface area contributed by atoms with E-state index in [-0.39, 0.29) is 30.4 Å². The highest BCUT2D eigenvalue weighted by atomic mass is 16.5. The van der Waals surface area contributed by atoms with Gasteiger partial charge in [-0.1, -0.05) is 30.3 Å². The number of ether oxygens (including phenoxy) is 1. The van der Waals surface area contributed by atoms with E-state index >= 15 is 0 Å². The van der Waals surface area contributed by atoms with Gasteiger partial charge in [-0.25, -0.2) is 0 Å². The Morgan fingerprint density at radius 3 is 2.52 bits per heavy atom. The summed E-state index contributed by atoms with van der Waals surface area (Å²) in [5.41, 5.74) is 2.47. The van der Waals surface area contributed by atoms with E-state index in [2.05, 4.69) is 10.6 Å². The summed E-state index contributed by atoms with van der Waals surface area (Å²) in [6, 6.07) is 13.3. The topological polar surface area (TPSA) is 87.7 Å². The number of benzene rings is 2. The third kappa shape index (κ3) is 3.28. The van der Waals surface area contributed by atoms with E-state index in [1.165, 1.54) is 0 Å². The van der Waals surface area contributed by atoms with E-state index < -0.39 is 6.10 Å². The number of aliphatic hydroxyl groups excluding tert-OH is 1. The van der Waals surface area contributed by atoms with Crippen molar-refractivity contribution in [3.05, 3.63) is 64.7 Å². The van der Waals surface area contributed by atoms with Gasteiger partial charge in [0.15, 0.2) is 0 Å². The Morgan fingerprint density at radius 1 is 1.15 bits per heavy atom. The summed E-state index contributed by atoms with van der Waals surface area (Å²) in [6.45, 7) is -0.189.